The largest absolute Gasteiger partial charge is 0.469 e. The molecule has 0 unspecified atom stereocenters. The Morgan fingerprint density at radius 3 is 0.519 bits per heavy atom. The van der Waals surface area contributed by atoms with Crippen LogP contribution in [-0.4, -0.2) is 13.1 Å². The van der Waals surface area contributed by atoms with E-state index in [1.165, 1.54) is 296 Å². The number of esters is 1. The van der Waals surface area contributed by atoms with E-state index >= 15 is 0 Å². The molecule has 0 spiro atoms. The van der Waals surface area contributed by atoms with Crippen molar-refractivity contribution in [2.24, 2.45) is 0 Å². The third-order valence-corrected chi connectivity index (χ3v) is 12.0. The zero-order chi connectivity index (χ0) is 37.5. The predicted octanol–water partition coefficient (Wildman–Crippen LogP) is 18.5. The van der Waals surface area contributed by atoms with Gasteiger partial charge in [-0.15, -0.1) is 0 Å². The number of unbranched alkanes of at least 4 members (excludes halogenated alkanes) is 45. The first-order chi connectivity index (χ1) is 25.8. The number of hydrogen-bond acceptors (Lipinski definition) is 2. The number of carbonyl (C=O) groups excluding carboxylic acids is 1. The van der Waals surface area contributed by atoms with E-state index in [0.29, 0.717) is 6.42 Å². The lowest BCUT2D eigenvalue weighted by Gasteiger charge is -2.05. The van der Waals surface area contributed by atoms with Crippen molar-refractivity contribution in [2.75, 3.05) is 7.11 Å². The van der Waals surface area contributed by atoms with E-state index in [4.69, 9.17) is 4.74 Å². The number of hydrogen-bond donors (Lipinski definition) is 0. The van der Waals surface area contributed by atoms with Crippen LogP contribution >= 0.6 is 0 Å². The molecule has 52 heavy (non-hydrogen) atoms. The van der Waals surface area contributed by atoms with Gasteiger partial charge < -0.3 is 4.74 Å². The van der Waals surface area contributed by atoms with Crippen LogP contribution in [-0.2, 0) is 9.53 Å². The molecular weight excluding hydrogens is 633 g/mol. The van der Waals surface area contributed by atoms with Gasteiger partial charge in [0.15, 0.2) is 0 Å². The standard InChI is InChI=1S/C50H100O2/c1-3-4-5-6-7-8-9-10-11-12-13-14-15-16-17-18-19-20-21-22-23-24-25-26-27-28-29-30-31-32-33-34-35-36-37-38-39-40-41-42-43-44-45-46-47-48-49-50(51)52-2/h3-49H2,1-2H3. The van der Waals surface area contributed by atoms with Crippen LogP contribution < -0.4 is 0 Å². The molecule has 0 aliphatic carbocycles. The first kappa shape index (κ1) is 51.5. The molecule has 0 N–H and O–H groups in total. The summed E-state index contributed by atoms with van der Waals surface area (Å²) in [6.07, 6.45) is 67.1. The summed E-state index contributed by atoms with van der Waals surface area (Å²) in [7, 11) is 1.48. The van der Waals surface area contributed by atoms with Crippen molar-refractivity contribution in [1.29, 1.82) is 0 Å². The van der Waals surface area contributed by atoms with Gasteiger partial charge in [-0.3, -0.25) is 4.79 Å². The number of methoxy groups -OCH3 is 1. The van der Waals surface area contributed by atoms with E-state index < -0.39 is 0 Å². The zero-order valence-corrected chi connectivity index (χ0v) is 36.6. The Kier molecular flexibility index (Phi) is 48.0. The van der Waals surface area contributed by atoms with E-state index in [0.717, 1.165) is 6.42 Å². The Balaban J connectivity index is 3.06. The highest BCUT2D eigenvalue weighted by atomic mass is 16.5. The van der Waals surface area contributed by atoms with E-state index in [9.17, 15) is 4.79 Å². The Morgan fingerprint density at radius 1 is 0.250 bits per heavy atom. The fraction of sp³-hybridized carbons (Fsp3) is 0.980. The SMILES string of the molecule is CCCCCCCCCCCCCCCCCCCCCCCCCCCCCCCCCCCCCCCCCCCCCCCCC(=O)OC. The molecule has 0 aromatic heterocycles. The van der Waals surface area contributed by atoms with Crippen molar-refractivity contribution in [3.63, 3.8) is 0 Å². The van der Waals surface area contributed by atoms with Gasteiger partial charge in [0, 0.05) is 6.42 Å². The van der Waals surface area contributed by atoms with E-state index in [1.807, 2.05) is 0 Å². The first-order valence-corrected chi connectivity index (χ1v) is 24.9. The fourth-order valence-corrected chi connectivity index (χ4v) is 8.22. The molecule has 0 bridgehead atoms. The molecule has 0 aromatic rings. The lowest BCUT2D eigenvalue weighted by Crippen LogP contribution is -1.99. The summed E-state index contributed by atoms with van der Waals surface area (Å²) < 4.78 is 4.69. The van der Waals surface area contributed by atoms with Crippen molar-refractivity contribution >= 4 is 5.97 Å². The van der Waals surface area contributed by atoms with Crippen molar-refractivity contribution in [2.45, 2.75) is 309 Å². The topological polar surface area (TPSA) is 26.3 Å². The minimum absolute atomic E-state index is 0.0581. The smallest absolute Gasteiger partial charge is 0.305 e. The molecule has 0 aromatic carbocycles. The summed E-state index contributed by atoms with van der Waals surface area (Å²) in [4.78, 5) is 11.1. The molecule has 0 saturated heterocycles. The van der Waals surface area contributed by atoms with Gasteiger partial charge in [0.2, 0.25) is 0 Å². The zero-order valence-electron chi connectivity index (χ0n) is 36.6. The average molecular weight is 733 g/mol. The second-order valence-electron chi connectivity index (χ2n) is 17.2. The van der Waals surface area contributed by atoms with Gasteiger partial charge in [0.25, 0.3) is 0 Å². The van der Waals surface area contributed by atoms with E-state index in [1.54, 1.807) is 0 Å². The highest BCUT2D eigenvalue weighted by molar-refractivity contribution is 5.68. The van der Waals surface area contributed by atoms with E-state index in [2.05, 4.69) is 6.92 Å². The highest BCUT2D eigenvalue weighted by Crippen LogP contribution is 2.18. The summed E-state index contributed by atoms with van der Waals surface area (Å²) in [5.41, 5.74) is 0. The predicted molar refractivity (Wildman–Crippen MR) is 235 cm³/mol. The van der Waals surface area contributed by atoms with Gasteiger partial charge in [-0.25, -0.2) is 0 Å². The van der Waals surface area contributed by atoms with Crippen molar-refractivity contribution in [1.82, 2.24) is 0 Å². The summed E-state index contributed by atoms with van der Waals surface area (Å²) in [5, 5.41) is 0. The van der Waals surface area contributed by atoms with Crippen LogP contribution in [0.1, 0.15) is 309 Å². The van der Waals surface area contributed by atoms with Gasteiger partial charge in [0.1, 0.15) is 0 Å². The molecular formula is C50H100O2. The molecule has 0 atom stereocenters. The third-order valence-electron chi connectivity index (χ3n) is 12.0. The quantitative estimate of drug-likeness (QED) is 0.0460. The summed E-state index contributed by atoms with van der Waals surface area (Å²) in [5.74, 6) is -0.0581. The third kappa shape index (κ3) is 47.5. The first-order valence-electron chi connectivity index (χ1n) is 24.9. The average Bonchev–Trinajstić information content (AvgIpc) is 3.16. The maximum absolute atomic E-state index is 11.1. The molecule has 2 heteroatoms. The Bertz CT molecular complexity index is 630. The van der Waals surface area contributed by atoms with Crippen LogP contribution in [0.25, 0.3) is 0 Å². The number of rotatable bonds is 47. The van der Waals surface area contributed by atoms with Crippen molar-refractivity contribution in [3.8, 4) is 0 Å². The van der Waals surface area contributed by atoms with Gasteiger partial charge >= 0.3 is 5.97 Å². The van der Waals surface area contributed by atoms with E-state index in [-0.39, 0.29) is 5.97 Å². The molecule has 0 aliphatic rings. The van der Waals surface area contributed by atoms with Gasteiger partial charge in [-0.1, -0.05) is 296 Å². The molecule has 0 heterocycles. The number of carbonyl (C=O) groups is 1. The lowest BCUT2D eigenvalue weighted by molar-refractivity contribution is -0.140. The Hall–Kier alpha value is -0.530. The molecule has 0 amide bonds. The molecule has 0 saturated carbocycles. The minimum Gasteiger partial charge on any atom is -0.469 e. The maximum atomic E-state index is 11.1. The summed E-state index contributed by atoms with van der Waals surface area (Å²) in [6, 6.07) is 0. The minimum atomic E-state index is -0.0581. The summed E-state index contributed by atoms with van der Waals surface area (Å²) in [6.45, 7) is 2.31. The van der Waals surface area contributed by atoms with Crippen molar-refractivity contribution in [3.05, 3.63) is 0 Å². The van der Waals surface area contributed by atoms with Crippen molar-refractivity contribution < 1.29 is 9.53 Å². The summed E-state index contributed by atoms with van der Waals surface area (Å²) >= 11 is 0. The monoisotopic (exact) mass is 733 g/mol. The Morgan fingerprint density at radius 2 is 0.385 bits per heavy atom. The van der Waals surface area contributed by atoms with Crippen LogP contribution in [0.2, 0.25) is 0 Å². The van der Waals surface area contributed by atoms with Crippen LogP contribution in [0.3, 0.4) is 0 Å². The van der Waals surface area contributed by atoms with Gasteiger partial charge in [-0.2, -0.15) is 0 Å². The van der Waals surface area contributed by atoms with Gasteiger partial charge in [-0.05, 0) is 6.42 Å². The molecule has 0 fully saturated rings. The Labute approximate surface area is 330 Å². The van der Waals surface area contributed by atoms with Crippen LogP contribution in [0, 0.1) is 0 Å². The van der Waals surface area contributed by atoms with Crippen LogP contribution in [0.5, 0.6) is 0 Å². The fourth-order valence-electron chi connectivity index (χ4n) is 8.22. The molecule has 0 rings (SSSR count). The second-order valence-corrected chi connectivity index (χ2v) is 17.2. The second kappa shape index (κ2) is 48.5. The van der Waals surface area contributed by atoms with Crippen LogP contribution in [0.4, 0.5) is 0 Å². The molecule has 0 radical (unpaired) electrons. The maximum Gasteiger partial charge on any atom is 0.305 e. The molecule has 0 aliphatic heterocycles. The number of ether oxygens (including phenoxy) is 1. The lowest BCUT2D eigenvalue weighted by atomic mass is 10.0. The van der Waals surface area contributed by atoms with Gasteiger partial charge in [0.05, 0.1) is 7.11 Å². The highest BCUT2D eigenvalue weighted by Gasteiger charge is 2.00. The normalized spacial score (nSPS) is 11.5. The molecule has 312 valence electrons. The molecule has 2 nitrogen and oxygen atoms in total. The van der Waals surface area contributed by atoms with Crippen LogP contribution in [0.15, 0.2) is 0 Å².